The van der Waals surface area contributed by atoms with Crippen LogP contribution in [0.25, 0.3) is 0 Å². The van der Waals surface area contributed by atoms with Crippen molar-refractivity contribution in [2.24, 2.45) is 0 Å². The van der Waals surface area contributed by atoms with Gasteiger partial charge < -0.3 is 14.8 Å². The van der Waals surface area contributed by atoms with Crippen LogP contribution in [0.3, 0.4) is 0 Å². The molecule has 1 aromatic heterocycles. The van der Waals surface area contributed by atoms with E-state index in [1.807, 2.05) is 42.5 Å². The van der Waals surface area contributed by atoms with Crippen molar-refractivity contribution in [1.82, 2.24) is 9.47 Å². The Balaban J connectivity index is 1.70. The van der Waals surface area contributed by atoms with Crippen LogP contribution in [-0.2, 0) is 6.54 Å². The minimum atomic E-state index is -0.0918. The minimum Gasteiger partial charge on any atom is -0.348 e. The van der Waals surface area contributed by atoms with Crippen molar-refractivity contribution in [3.05, 3.63) is 87.1 Å². The van der Waals surface area contributed by atoms with E-state index in [0.717, 1.165) is 30.0 Å². The third kappa shape index (κ3) is 3.81. The quantitative estimate of drug-likeness (QED) is 0.479. The average molecular weight is 437 g/mol. The molecule has 1 aliphatic heterocycles. The van der Waals surface area contributed by atoms with Gasteiger partial charge in [-0.3, -0.25) is 0 Å². The molecule has 0 saturated heterocycles. The third-order valence-corrected chi connectivity index (χ3v) is 5.80. The smallest absolute Gasteiger partial charge is 0.174 e. The summed E-state index contributed by atoms with van der Waals surface area (Å²) in [6.07, 6.45) is 2.08. The van der Waals surface area contributed by atoms with Crippen molar-refractivity contribution in [2.45, 2.75) is 12.6 Å². The molecule has 7 heteroatoms. The second-order valence-electron chi connectivity index (χ2n) is 6.33. The molecule has 4 rings (SSSR count). The second kappa shape index (κ2) is 7.72. The summed E-state index contributed by atoms with van der Waals surface area (Å²) in [5.41, 5.74) is 3.01. The molecule has 0 fully saturated rings. The zero-order valence-electron chi connectivity index (χ0n) is 14.2. The first kappa shape index (κ1) is 18.6. The highest BCUT2D eigenvalue weighted by Crippen LogP contribution is 2.37. The van der Waals surface area contributed by atoms with Crippen LogP contribution in [0.4, 0.5) is 5.69 Å². The zero-order valence-corrected chi connectivity index (χ0v) is 17.3. The van der Waals surface area contributed by atoms with Gasteiger partial charge in [-0.2, -0.15) is 0 Å². The molecular weight excluding hydrogens is 421 g/mol. The van der Waals surface area contributed by atoms with Crippen LogP contribution in [0.1, 0.15) is 17.3 Å². The normalized spacial score (nSPS) is 16.1. The molecular formula is C20H16Cl3N3S. The number of hydrogen-bond donors (Lipinski definition) is 1. The van der Waals surface area contributed by atoms with Gasteiger partial charge in [0.2, 0.25) is 0 Å². The van der Waals surface area contributed by atoms with Crippen molar-refractivity contribution in [3.63, 3.8) is 0 Å². The topological polar surface area (TPSA) is 20.2 Å². The molecule has 0 saturated carbocycles. The first-order valence-electron chi connectivity index (χ1n) is 8.46. The second-order valence-corrected chi connectivity index (χ2v) is 7.99. The Labute approximate surface area is 178 Å². The maximum absolute atomic E-state index is 6.55. The highest BCUT2D eigenvalue weighted by Gasteiger charge is 2.32. The summed E-state index contributed by atoms with van der Waals surface area (Å²) < 4.78 is 2.23. The van der Waals surface area contributed by atoms with E-state index in [2.05, 4.69) is 27.0 Å². The summed E-state index contributed by atoms with van der Waals surface area (Å²) in [6.45, 7) is 1.62. The van der Waals surface area contributed by atoms with Gasteiger partial charge in [-0.05, 0) is 66.3 Å². The molecule has 138 valence electrons. The number of fused-ring (bicyclic) bond motifs is 1. The number of nitrogens with zero attached hydrogens (tertiary/aromatic N) is 2. The van der Waals surface area contributed by atoms with Crippen LogP contribution in [0.5, 0.6) is 0 Å². The summed E-state index contributed by atoms with van der Waals surface area (Å²) in [4.78, 5) is 2.16. The Morgan fingerprint density at radius 1 is 0.963 bits per heavy atom. The molecule has 27 heavy (non-hydrogen) atoms. The third-order valence-electron chi connectivity index (χ3n) is 4.65. The molecule has 0 radical (unpaired) electrons. The van der Waals surface area contributed by atoms with E-state index < -0.39 is 0 Å². The lowest BCUT2D eigenvalue weighted by Crippen LogP contribution is -2.44. The van der Waals surface area contributed by atoms with Gasteiger partial charge in [-0.15, -0.1) is 0 Å². The highest BCUT2D eigenvalue weighted by molar-refractivity contribution is 7.80. The number of anilines is 1. The Morgan fingerprint density at radius 3 is 2.44 bits per heavy atom. The number of thiocarbonyl (C=S) groups is 1. The molecule has 0 unspecified atom stereocenters. The summed E-state index contributed by atoms with van der Waals surface area (Å²) in [5, 5.41) is 5.88. The summed E-state index contributed by atoms with van der Waals surface area (Å²) in [7, 11) is 0. The molecule has 3 nitrogen and oxygen atoms in total. The molecule has 2 aromatic carbocycles. The Morgan fingerprint density at radius 2 is 1.70 bits per heavy atom. The number of hydrogen-bond acceptors (Lipinski definition) is 1. The fraction of sp³-hybridized carbons (Fsp3) is 0.150. The number of nitrogens with one attached hydrogen (secondary N) is 1. The molecule has 1 aliphatic rings. The van der Waals surface area contributed by atoms with Gasteiger partial charge in [-0.1, -0.05) is 40.9 Å². The lowest BCUT2D eigenvalue weighted by atomic mass is 10.00. The standard InChI is InChI=1S/C20H16Cl3N3S/c21-13-3-6-15(7-4-13)24-20(27)26-11-10-25-9-1-2-18(25)19(26)16-8-5-14(22)12-17(16)23/h1-9,12,19H,10-11H2,(H,24,27)/t19-/m0/s1. The molecule has 0 bridgehead atoms. The maximum Gasteiger partial charge on any atom is 0.174 e. The Hall–Kier alpha value is -1.72. The van der Waals surface area contributed by atoms with Crippen molar-refractivity contribution in [3.8, 4) is 0 Å². The Bertz CT molecular complexity index is 984. The predicted octanol–water partition coefficient (Wildman–Crippen LogP) is 6.25. The fourth-order valence-electron chi connectivity index (χ4n) is 3.38. The van der Waals surface area contributed by atoms with Gasteiger partial charge in [-0.25, -0.2) is 0 Å². The average Bonchev–Trinajstić information content (AvgIpc) is 3.12. The van der Waals surface area contributed by atoms with E-state index in [-0.39, 0.29) is 6.04 Å². The molecule has 0 spiro atoms. The number of benzene rings is 2. The van der Waals surface area contributed by atoms with Gasteiger partial charge in [0.25, 0.3) is 0 Å². The predicted molar refractivity (Wildman–Crippen MR) is 117 cm³/mol. The largest absolute Gasteiger partial charge is 0.348 e. The summed E-state index contributed by atoms with van der Waals surface area (Å²) >= 11 is 24.4. The molecule has 2 heterocycles. The van der Waals surface area contributed by atoms with E-state index in [0.29, 0.717) is 20.2 Å². The maximum atomic E-state index is 6.55. The van der Waals surface area contributed by atoms with Crippen LogP contribution in [0, 0.1) is 0 Å². The number of aromatic nitrogens is 1. The Kier molecular flexibility index (Phi) is 5.33. The van der Waals surface area contributed by atoms with Crippen LogP contribution in [-0.4, -0.2) is 21.1 Å². The summed E-state index contributed by atoms with van der Waals surface area (Å²) in [5.74, 6) is 0. The van der Waals surface area contributed by atoms with Crippen LogP contribution in [0.2, 0.25) is 15.1 Å². The lowest BCUT2D eigenvalue weighted by molar-refractivity contribution is 0.293. The van der Waals surface area contributed by atoms with Gasteiger partial charge in [0, 0.05) is 45.7 Å². The first-order chi connectivity index (χ1) is 13.0. The van der Waals surface area contributed by atoms with E-state index in [9.17, 15) is 0 Å². The van der Waals surface area contributed by atoms with E-state index in [4.69, 9.17) is 47.0 Å². The lowest BCUT2D eigenvalue weighted by Gasteiger charge is -2.39. The molecule has 1 atom stereocenters. The van der Waals surface area contributed by atoms with Crippen LogP contribution < -0.4 is 5.32 Å². The number of rotatable bonds is 2. The monoisotopic (exact) mass is 435 g/mol. The van der Waals surface area contributed by atoms with Gasteiger partial charge >= 0.3 is 0 Å². The highest BCUT2D eigenvalue weighted by atomic mass is 35.5. The van der Waals surface area contributed by atoms with E-state index in [1.165, 1.54) is 0 Å². The molecule has 1 N–H and O–H groups in total. The molecule has 3 aromatic rings. The van der Waals surface area contributed by atoms with Crippen LogP contribution in [0.15, 0.2) is 60.8 Å². The molecule has 0 aliphatic carbocycles. The molecule has 0 amide bonds. The minimum absolute atomic E-state index is 0.0918. The SMILES string of the molecule is S=C(Nc1ccc(Cl)cc1)N1CCn2cccc2[C@@H]1c1ccc(Cl)cc1Cl. The first-order valence-corrected chi connectivity index (χ1v) is 10.0. The van der Waals surface area contributed by atoms with Gasteiger partial charge in [0.05, 0.1) is 6.04 Å². The number of halogens is 3. The van der Waals surface area contributed by atoms with Gasteiger partial charge in [0.15, 0.2) is 5.11 Å². The summed E-state index contributed by atoms with van der Waals surface area (Å²) in [6, 6.07) is 17.1. The van der Waals surface area contributed by atoms with Gasteiger partial charge in [0.1, 0.15) is 0 Å². The van der Waals surface area contributed by atoms with E-state index in [1.54, 1.807) is 6.07 Å². The zero-order chi connectivity index (χ0) is 19.0. The van der Waals surface area contributed by atoms with Crippen LogP contribution >= 0.6 is 47.0 Å². The van der Waals surface area contributed by atoms with Crippen molar-refractivity contribution < 1.29 is 0 Å². The van der Waals surface area contributed by atoms with Crippen molar-refractivity contribution in [1.29, 1.82) is 0 Å². The fourth-order valence-corrected chi connectivity index (χ4v) is 4.33. The van der Waals surface area contributed by atoms with Crippen molar-refractivity contribution in [2.75, 3.05) is 11.9 Å². The van der Waals surface area contributed by atoms with E-state index >= 15 is 0 Å². The van der Waals surface area contributed by atoms with Crippen molar-refractivity contribution >= 4 is 57.8 Å².